The molecule has 3 nitrogen and oxygen atoms in total. The van der Waals surface area contributed by atoms with Crippen LogP contribution >= 0.6 is 11.3 Å². The first-order chi connectivity index (χ1) is 8.99. The Kier molecular flexibility index (Phi) is 4.30. The van der Waals surface area contributed by atoms with E-state index in [-0.39, 0.29) is 0 Å². The quantitative estimate of drug-likeness (QED) is 0.886. The fourth-order valence-electron chi connectivity index (χ4n) is 2.27. The number of nitrogens with one attached hydrogen (secondary N) is 1. The summed E-state index contributed by atoms with van der Waals surface area (Å²) < 4.78 is 2.22. The minimum Gasteiger partial charge on any atom is -0.355 e. The number of hydrogen-bond donors (Lipinski definition) is 1. The lowest BCUT2D eigenvalue weighted by Crippen LogP contribution is -2.15. The maximum atomic E-state index is 4.43. The molecule has 0 aliphatic rings. The van der Waals surface area contributed by atoms with Gasteiger partial charge in [0.15, 0.2) is 0 Å². The summed E-state index contributed by atoms with van der Waals surface area (Å²) in [6.07, 6.45) is 3.92. The number of hydrogen-bond acceptors (Lipinski definition) is 3. The second kappa shape index (κ2) is 5.78. The third-order valence-electron chi connectivity index (χ3n) is 3.28. The predicted molar refractivity (Wildman–Crippen MR) is 83.2 cm³/mol. The summed E-state index contributed by atoms with van der Waals surface area (Å²) in [4.78, 5) is 7.19. The zero-order valence-corrected chi connectivity index (χ0v) is 13.2. The van der Waals surface area contributed by atoms with Crippen LogP contribution in [0.5, 0.6) is 0 Å². The molecule has 2 aromatic heterocycles. The van der Waals surface area contributed by atoms with E-state index in [1.54, 1.807) is 0 Å². The number of anilines is 1. The number of nitrogens with zero attached hydrogens (tertiary/aromatic N) is 2. The molecule has 0 radical (unpaired) electrons. The van der Waals surface area contributed by atoms with Crippen LogP contribution in [0, 0.1) is 19.8 Å². The van der Waals surface area contributed by atoms with Crippen molar-refractivity contribution in [1.29, 1.82) is 0 Å². The summed E-state index contributed by atoms with van der Waals surface area (Å²) in [5, 5.41) is 3.42. The fraction of sp³-hybridized carbons (Fsp3) is 0.533. The zero-order chi connectivity index (χ0) is 14.0. The van der Waals surface area contributed by atoms with E-state index >= 15 is 0 Å². The molecule has 4 heteroatoms. The van der Waals surface area contributed by atoms with Gasteiger partial charge in [0.25, 0.3) is 0 Å². The Balaban J connectivity index is 2.22. The lowest BCUT2D eigenvalue weighted by Gasteiger charge is -2.18. The summed E-state index contributed by atoms with van der Waals surface area (Å²) in [5.74, 6) is 1.58. The Labute approximate surface area is 119 Å². The van der Waals surface area contributed by atoms with Crippen molar-refractivity contribution in [2.45, 2.75) is 40.7 Å². The van der Waals surface area contributed by atoms with Crippen LogP contribution in [0.25, 0.3) is 0 Å². The monoisotopic (exact) mass is 277 g/mol. The van der Waals surface area contributed by atoms with Gasteiger partial charge in [-0.15, -0.1) is 11.3 Å². The number of aryl methyl sites for hydroxylation is 2. The minimum absolute atomic E-state index is 0.321. The summed E-state index contributed by atoms with van der Waals surface area (Å²) in [7, 11) is 0. The molecule has 0 aliphatic heterocycles. The Morgan fingerprint density at radius 2 is 2.05 bits per heavy atom. The second-order valence-electron chi connectivity index (χ2n) is 5.48. The highest BCUT2D eigenvalue weighted by Gasteiger charge is 2.15. The van der Waals surface area contributed by atoms with Crippen LogP contribution in [-0.4, -0.2) is 16.1 Å². The van der Waals surface area contributed by atoms with Crippen LogP contribution < -0.4 is 5.32 Å². The maximum Gasteiger partial charge on any atom is 0.203 e. The Hall–Kier alpha value is -1.29. The van der Waals surface area contributed by atoms with Crippen LogP contribution in [0.4, 0.5) is 5.95 Å². The molecule has 2 aromatic rings. The molecule has 1 N–H and O–H groups in total. The van der Waals surface area contributed by atoms with Crippen LogP contribution in [-0.2, 0) is 0 Å². The molecule has 0 fully saturated rings. The third kappa shape index (κ3) is 3.18. The molecule has 0 bridgehead atoms. The number of thiophene rings is 1. The van der Waals surface area contributed by atoms with Crippen LogP contribution in [0.1, 0.15) is 42.1 Å². The van der Waals surface area contributed by atoms with Crippen molar-refractivity contribution in [1.82, 2.24) is 9.55 Å². The standard InChI is InChI=1S/C15H23N3S/c1-10(2)9-17-15-16-6-7-18(15)12(4)14-8-11(3)19-13(14)5/h6-8,10,12H,9H2,1-5H3,(H,16,17). The summed E-state index contributed by atoms with van der Waals surface area (Å²) in [6, 6.07) is 2.61. The van der Waals surface area contributed by atoms with E-state index in [0.717, 1.165) is 12.5 Å². The van der Waals surface area contributed by atoms with Crippen molar-refractivity contribution >= 4 is 17.3 Å². The molecule has 1 atom stereocenters. The first-order valence-electron chi connectivity index (χ1n) is 6.82. The first kappa shape index (κ1) is 14.1. The lowest BCUT2D eigenvalue weighted by molar-refractivity contribution is 0.628. The smallest absolute Gasteiger partial charge is 0.203 e. The van der Waals surface area contributed by atoms with Crippen molar-refractivity contribution in [3.8, 4) is 0 Å². The lowest BCUT2D eigenvalue weighted by atomic mass is 10.1. The zero-order valence-electron chi connectivity index (χ0n) is 12.4. The van der Waals surface area contributed by atoms with Gasteiger partial charge in [-0.05, 0) is 38.3 Å². The number of rotatable bonds is 5. The summed E-state index contributed by atoms with van der Waals surface area (Å²) >= 11 is 1.86. The fourth-order valence-corrected chi connectivity index (χ4v) is 3.29. The average Bonchev–Trinajstić information content (AvgIpc) is 2.92. The van der Waals surface area contributed by atoms with E-state index in [9.17, 15) is 0 Å². The summed E-state index contributed by atoms with van der Waals surface area (Å²) in [6.45, 7) is 12.0. The van der Waals surface area contributed by atoms with Gasteiger partial charge in [-0.3, -0.25) is 0 Å². The van der Waals surface area contributed by atoms with Crippen LogP contribution in [0.15, 0.2) is 18.5 Å². The topological polar surface area (TPSA) is 29.9 Å². The average molecular weight is 277 g/mol. The first-order valence-corrected chi connectivity index (χ1v) is 7.64. The van der Waals surface area contributed by atoms with Crippen molar-refractivity contribution in [2.24, 2.45) is 5.92 Å². The van der Waals surface area contributed by atoms with Crippen molar-refractivity contribution in [3.05, 3.63) is 33.8 Å². The number of imidazole rings is 1. The molecule has 19 heavy (non-hydrogen) atoms. The predicted octanol–water partition coefficient (Wildman–Crippen LogP) is 4.24. The van der Waals surface area contributed by atoms with Crippen LogP contribution in [0.2, 0.25) is 0 Å². The van der Waals surface area contributed by atoms with E-state index in [0.29, 0.717) is 12.0 Å². The van der Waals surface area contributed by atoms with E-state index in [4.69, 9.17) is 0 Å². The minimum atomic E-state index is 0.321. The molecule has 0 saturated carbocycles. The Morgan fingerprint density at radius 3 is 2.63 bits per heavy atom. The van der Waals surface area contributed by atoms with Gasteiger partial charge in [0.1, 0.15) is 0 Å². The molecule has 0 spiro atoms. The molecule has 2 rings (SSSR count). The van der Waals surface area contributed by atoms with Crippen molar-refractivity contribution in [2.75, 3.05) is 11.9 Å². The molecule has 0 aromatic carbocycles. The molecule has 0 saturated heterocycles. The van der Waals surface area contributed by atoms with Crippen molar-refractivity contribution < 1.29 is 0 Å². The summed E-state index contributed by atoms with van der Waals surface area (Å²) in [5.41, 5.74) is 1.40. The van der Waals surface area contributed by atoms with Gasteiger partial charge < -0.3 is 9.88 Å². The molecular weight excluding hydrogens is 254 g/mol. The number of aromatic nitrogens is 2. The van der Waals surface area contributed by atoms with E-state index < -0.39 is 0 Å². The van der Waals surface area contributed by atoms with Crippen molar-refractivity contribution in [3.63, 3.8) is 0 Å². The van der Waals surface area contributed by atoms with Gasteiger partial charge in [0, 0.05) is 28.7 Å². The molecule has 0 amide bonds. The van der Waals surface area contributed by atoms with Gasteiger partial charge in [0.05, 0.1) is 6.04 Å². The van der Waals surface area contributed by atoms with E-state index in [1.165, 1.54) is 15.3 Å². The second-order valence-corrected chi connectivity index (χ2v) is 6.94. The Morgan fingerprint density at radius 1 is 1.32 bits per heavy atom. The highest BCUT2D eigenvalue weighted by Crippen LogP contribution is 2.30. The van der Waals surface area contributed by atoms with Crippen LogP contribution in [0.3, 0.4) is 0 Å². The third-order valence-corrected chi connectivity index (χ3v) is 4.27. The van der Waals surface area contributed by atoms with E-state index in [2.05, 4.69) is 61.7 Å². The van der Waals surface area contributed by atoms with Gasteiger partial charge in [-0.2, -0.15) is 0 Å². The molecule has 104 valence electrons. The maximum absolute atomic E-state index is 4.43. The molecule has 2 heterocycles. The Bertz CT molecular complexity index is 539. The van der Waals surface area contributed by atoms with E-state index in [1.807, 2.05) is 17.5 Å². The van der Waals surface area contributed by atoms with Gasteiger partial charge in [-0.25, -0.2) is 4.98 Å². The normalized spacial score (nSPS) is 12.9. The molecule has 0 aliphatic carbocycles. The van der Waals surface area contributed by atoms with Gasteiger partial charge in [0.2, 0.25) is 5.95 Å². The highest BCUT2D eigenvalue weighted by atomic mass is 32.1. The molecular formula is C15H23N3S. The molecule has 1 unspecified atom stereocenters. The van der Waals surface area contributed by atoms with Gasteiger partial charge in [-0.1, -0.05) is 13.8 Å². The van der Waals surface area contributed by atoms with Gasteiger partial charge >= 0.3 is 0 Å². The largest absolute Gasteiger partial charge is 0.355 e. The highest BCUT2D eigenvalue weighted by molar-refractivity contribution is 7.12. The SMILES string of the molecule is Cc1cc(C(C)n2ccnc2NCC(C)C)c(C)s1.